The van der Waals surface area contributed by atoms with E-state index >= 15 is 0 Å². The number of nitrogens with zero attached hydrogens (tertiary/aromatic N) is 2. The van der Waals surface area contributed by atoms with E-state index < -0.39 is 23.9 Å². The van der Waals surface area contributed by atoms with Crippen molar-refractivity contribution in [1.82, 2.24) is 9.88 Å². The van der Waals surface area contributed by atoms with Crippen LogP contribution < -0.4 is 5.32 Å². The first-order chi connectivity index (χ1) is 13.3. The van der Waals surface area contributed by atoms with Crippen molar-refractivity contribution < 1.29 is 19.1 Å². The summed E-state index contributed by atoms with van der Waals surface area (Å²) < 4.78 is 13.3. The molecule has 2 N–H and O–H groups in total. The van der Waals surface area contributed by atoms with Crippen molar-refractivity contribution in [3.05, 3.63) is 70.8 Å². The van der Waals surface area contributed by atoms with E-state index in [1.807, 2.05) is 0 Å². The zero-order chi connectivity index (χ0) is 20.4. The van der Waals surface area contributed by atoms with Crippen molar-refractivity contribution in [1.29, 1.82) is 0 Å². The molecule has 2 aromatic carbocycles. The van der Waals surface area contributed by atoms with Gasteiger partial charge in [-0.25, -0.2) is 19.0 Å². The average Bonchev–Trinajstić information content (AvgIpc) is 2.68. The second-order valence-electron chi connectivity index (χ2n) is 6.26. The monoisotopic (exact) mass is 401 g/mol. The lowest BCUT2D eigenvalue weighted by Crippen LogP contribution is -2.33. The van der Waals surface area contributed by atoms with Crippen LogP contribution in [0.15, 0.2) is 48.7 Å². The molecule has 3 aromatic rings. The number of nitrogens with one attached hydrogen (secondary N) is 1. The number of urea groups is 1. The zero-order valence-electron chi connectivity index (χ0n) is 15.1. The number of hydrogen-bond acceptors (Lipinski definition) is 3. The van der Waals surface area contributed by atoms with Crippen LogP contribution in [0.4, 0.5) is 14.9 Å². The number of benzene rings is 2. The van der Waals surface area contributed by atoms with Crippen molar-refractivity contribution in [3.63, 3.8) is 0 Å². The average molecular weight is 402 g/mol. The number of carboxylic acid groups (broad SMARTS) is 1. The number of anilines is 1. The molecular weight excluding hydrogens is 385 g/mol. The molecule has 0 fully saturated rings. The molecule has 1 aromatic heterocycles. The number of rotatable bonds is 4. The van der Waals surface area contributed by atoms with Crippen molar-refractivity contribution in [2.75, 3.05) is 12.4 Å². The number of carboxylic acids is 1. The minimum absolute atomic E-state index is 0.0420. The van der Waals surface area contributed by atoms with E-state index in [0.29, 0.717) is 22.0 Å². The topological polar surface area (TPSA) is 82.5 Å². The molecule has 0 spiro atoms. The lowest BCUT2D eigenvalue weighted by molar-refractivity contribution is 0.0692. The van der Waals surface area contributed by atoms with Crippen LogP contribution in [0.5, 0.6) is 0 Å². The number of aromatic nitrogens is 1. The van der Waals surface area contributed by atoms with E-state index in [0.717, 1.165) is 0 Å². The number of amides is 2. The summed E-state index contributed by atoms with van der Waals surface area (Å²) in [6, 6.07) is 10.1. The highest BCUT2D eigenvalue weighted by molar-refractivity contribution is 6.31. The Bertz CT molecular complexity index is 1070. The minimum Gasteiger partial charge on any atom is -0.476 e. The predicted molar refractivity (Wildman–Crippen MR) is 105 cm³/mol. The van der Waals surface area contributed by atoms with E-state index in [-0.39, 0.29) is 10.7 Å². The van der Waals surface area contributed by atoms with Crippen LogP contribution >= 0.6 is 11.6 Å². The number of hydrogen-bond donors (Lipinski definition) is 2. The summed E-state index contributed by atoms with van der Waals surface area (Å²) in [7, 11) is 1.60. The van der Waals surface area contributed by atoms with E-state index in [1.54, 1.807) is 38.2 Å². The second kappa shape index (κ2) is 7.82. The first-order valence-electron chi connectivity index (χ1n) is 8.39. The molecule has 0 saturated carbocycles. The van der Waals surface area contributed by atoms with Crippen molar-refractivity contribution >= 4 is 40.1 Å². The zero-order valence-corrected chi connectivity index (χ0v) is 15.9. The molecular formula is C20H17ClFN3O3. The van der Waals surface area contributed by atoms with Crippen LogP contribution in [0.2, 0.25) is 5.02 Å². The summed E-state index contributed by atoms with van der Waals surface area (Å²) in [6.45, 7) is 1.81. The highest BCUT2D eigenvalue weighted by Crippen LogP contribution is 2.29. The fourth-order valence-electron chi connectivity index (χ4n) is 2.89. The maximum atomic E-state index is 13.3. The van der Waals surface area contributed by atoms with Gasteiger partial charge in [0.05, 0.1) is 11.1 Å². The molecule has 0 bridgehead atoms. The van der Waals surface area contributed by atoms with Gasteiger partial charge < -0.3 is 15.3 Å². The summed E-state index contributed by atoms with van der Waals surface area (Å²) in [5.74, 6) is -1.69. The number of fused-ring (bicyclic) bond motifs is 1. The smallest absolute Gasteiger partial charge is 0.355 e. The van der Waals surface area contributed by atoms with E-state index in [1.165, 1.54) is 29.3 Å². The van der Waals surface area contributed by atoms with Crippen LogP contribution in [-0.4, -0.2) is 34.0 Å². The standard InChI is InChI=1S/C20H17ClFN3O3/c1-11(25(2)20(28)24-12-7-8-17(22)16(21)9-12)15-10-23-18(19(26)27)14-6-4-3-5-13(14)15/h3-11H,1-2H3,(H,24,28)(H,26,27)/t11-/m0/s1. The first-order valence-corrected chi connectivity index (χ1v) is 8.77. The number of carbonyl (C=O) groups excluding carboxylic acids is 1. The van der Waals surface area contributed by atoms with Gasteiger partial charge in [0.2, 0.25) is 0 Å². The molecule has 0 unspecified atom stereocenters. The molecule has 1 heterocycles. The molecule has 144 valence electrons. The molecule has 1 atom stereocenters. The maximum Gasteiger partial charge on any atom is 0.355 e. The van der Waals surface area contributed by atoms with Crippen LogP contribution in [-0.2, 0) is 0 Å². The fraction of sp³-hybridized carbons (Fsp3) is 0.150. The van der Waals surface area contributed by atoms with Crippen LogP contribution in [0.3, 0.4) is 0 Å². The lowest BCUT2D eigenvalue weighted by Gasteiger charge is -2.26. The lowest BCUT2D eigenvalue weighted by atomic mass is 10.00. The Morgan fingerprint density at radius 3 is 2.54 bits per heavy atom. The SMILES string of the molecule is C[C@@H](c1cnc(C(=O)O)c2ccccc12)N(C)C(=O)Nc1ccc(F)c(Cl)c1. The summed E-state index contributed by atoms with van der Waals surface area (Å²) in [4.78, 5) is 29.5. The number of halogens is 2. The van der Waals surface area contributed by atoms with Gasteiger partial charge in [0.15, 0.2) is 5.69 Å². The van der Waals surface area contributed by atoms with Gasteiger partial charge in [0.1, 0.15) is 5.82 Å². The highest BCUT2D eigenvalue weighted by Gasteiger charge is 2.22. The molecule has 28 heavy (non-hydrogen) atoms. The predicted octanol–water partition coefficient (Wildman–Crippen LogP) is 4.95. The Labute approximate surface area is 165 Å². The third-order valence-corrected chi connectivity index (χ3v) is 4.84. The highest BCUT2D eigenvalue weighted by atomic mass is 35.5. The molecule has 2 amide bonds. The number of aromatic carboxylic acids is 1. The van der Waals surface area contributed by atoms with Gasteiger partial charge >= 0.3 is 12.0 Å². The summed E-state index contributed by atoms with van der Waals surface area (Å²) in [6.07, 6.45) is 1.47. The van der Waals surface area contributed by atoms with Gasteiger partial charge in [-0.05, 0) is 30.5 Å². The largest absolute Gasteiger partial charge is 0.476 e. The first kappa shape index (κ1) is 19.6. The normalized spacial score (nSPS) is 11.9. The van der Waals surface area contributed by atoms with Crippen molar-refractivity contribution in [3.8, 4) is 0 Å². The quantitative estimate of drug-likeness (QED) is 0.648. The van der Waals surface area contributed by atoms with Gasteiger partial charge in [0, 0.05) is 29.9 Å². The van der Waals surface area contributed by atoms with Crippen molar-refractivity contribution in [2.24, 2.45) is 0 Å². The Morgan fingerprint density at radius 1 is 1.21 bits per heavy atom. The second-order valence-corrected chi connectivity index (χ2v) is 6.67. The molecule has 0 radical (unpaired) electrons. The Balaban J connectivity index is 1.89. The molecule has 0 aliphatic rings. The molecule has 6 nitrogen and oxygen atoms in total. The van der Waals surface area contributed by atoms with Crippen molar-refractivity contribution in [2.45, 2.75) is 13.0 Å². The number of carbonyl (C=O) groups is 2. The molecule has 8 heteroatoms. The van der Waals surface area contributed by atoms with Gasteiger partial charge in [0.25, 0.3) is 0 Å². The van der Waals surface area contributed by atoms with Gasteiger partial charge in [-0.15, -0.1) is 0 Å². The van der Waals surface area contributed by atoms with E-state index in [9.17, 15) is 19.1 Å². The van der Waals surface area contributed by atoms with Crippen LogP contribution in [0, 0.1) is 5.82 Å². The molecule has 0 aliphatic carbocycles. The van der Waals surface area contributed by atoms with Crippen LogP contribution in [0.25, 0.3) is 10.8 Å². The summed E-state index contributed by atoms with van der Waals surface area (Å²) in [5.41, 5.74) is 1.02. The third kappa shape index (κ3) is 3.75. The molecule has 0 saturated heterocycles. The number of pyridine rings is 1. The third-order valence-electron chi connectivity index (χ3n) is 4.55. The summed E-state index contributed by atoms with van der Waals surface area (Å²) in [5, 5.41) is 13.1. The molecule has 3 rings (SSSR count). The van der Waals surface area contributed by atoms with Crippen LogP contribution in [0.1, 0.15) is 29.0 Å². The Hall–Kier alpha value is -3.19. The Morgan fingerprint density at radius 2 is 1.89 bits per heavy atom. The van der Waals surface area contributed by atoms with Gasteiger partial charge in [-0.1, -0.05) is 35.9 Å². The summed E-state index contributed by atoms with van der Waals surface area (Å²) >= 11 is 5.74. The fourth-order valence-corrected chi connectivity index (χ4v) is 3.07. The minimum atomic E-state index is -1.12. The van der Waals surface area contributed by atoms with Gasteiger partial charge in [-0.3, -0.25) is 0 Å². The maximum absolute atomic E-state index is 13.3. The van der Waals surface area contributed by atoms with Gasteiger partial charge in [-0.2, -0.15) is 0 Å². The van der Waals surface area contributed by atoms with E-state index in [4.69, 9.17) is 11.6 Å². The Kier molecular flexibility index (Phi) is 5.46. The molecule has 0 aliphatic heterocycles. The van der Waals surface area contributed by atoms with E-state index in [2.05, 4.69) is 10.3 Å².